The molecule has 0 saturated carbocycles. The van der Waals surface area contributed by atoms with Crippen LogP contribution in [0, 0.1) is 0 Å². The van der Waals surface area contributed by atoms with Gasteiger partial charge in [0, 0.05) is 18.7 Å². The second kappa shape index (κ2) is 7.23. The van der Waals surface area contributed by atoms with Crippen LogP contribution < -0.4 is 9.62 Å². The summed E-state index contributed by atoms with van der Waals surface area (Å²) >= 11 is 11.7. The number of rotatable bonds is 5. The first-order valence-corrected chi connectivity index (χ1v) is 10.1. The number of nitrogens with zero attached hydrogens (tertiary/aromatic N) is 1. The second-order valence-corrected chi connectivity index (χ2v) is 8.52. The Bertz CT molecular complexity index is 916. The Kier molecular flexibility index (Phi) is 5.22. The highest BCUT2D eigenvalue weighted by Crippen LogP contribution is 2.30. The van der Waals surface area contributed by atoms with Crippen LogP contribution in [0.15, 0.2) is 42.5 Å². The van der Waals surface area contributed by atoms with Crippen molar-refractivity contribution in [2.45, 2.75) is 12.8 Å². The summed E-state index contributed by atoms with van der Waals surface area (Å²) in [7, 11) is -3.55. The molecule has 0 spiro atoms. The SMILES string of the molecule is O=C(CCS(=O)(=O)N1CCc2ccccc21)Nc1ccc(Cl)c(Cl)c1. The van der Waals surface area contributed by atoms with Gasteiger partial charge in [0.2, 0.25) is 15.9 Å². The molecule has 0 radical (unpaired) electrons. The monoisotopic (exact) mass is 398 g/mol. The molecule has 3 rings (SSSR count). The third kappa shape index (κ3) is 4.08. The highest BCUT2D eigenvalue weighted by Gasteiger charge is 2.29. The minimum absolute atomic E-state index is 0.138. The van der Waals surface area contributed by atoms with Crippen molar-refractivity contribution in [1.29, 1.82) is 0 Å². The van der Waals surface area contributed by atoms with Crippen LogP contribution in [0.2, 0.25) is 10.0 Å². The number of para-hydroxylation sites is 1. The van der Waals surface area contributed by atoms with Crippen molar-refractivity contribution in [3.8, 4) is 0 Å². The molecule has 0 bridgehead atoms. The van der Waals surface area contributed by atoms with E-state index in [1.54, 1.807) is 18.2 Å². The number of anilines is 2. The van der Waals surface area contributed by atoms with Gasteiger partial charge < -0.3 is 5.32 Å². The van der Waals surface area contributed by atoms with E-state index in [2.05, 4.69) is 5.32 Å². The molecule has 8 heteroatoms. The van der Waals surface area contributed by atoms with Crippen molar-refractivity contribution in [2.75, 3.05) is 21.9 Å². The van der Waals surface area contributed by atoms with Crippen LogP contribution >= 0.6 is 23.2 Å². The first kappa shape index (κ1) is 18.0. The van der Waals surface area contributed by atoms with Gasteiger partial charge in [-0.3, -0.25) is 9.10 Å². The van der Waals surface area contributed by atoms with Crippen LogP contribution in [0.1, 0.15) is 12.0 Å². The van der Waals surface area contributed by atoms with Gasteiger partial charge in [0.05, 0.1) is 21.5 Å². The summed E-state index contributed by atoms with van der Waals surface area (Å²) in [5, 5.41) is 3.33. The third-order valence-electron chi connectivity index (χ3n) is 3.97. The van der Waals surface area contributed by atoms with Gasteiger partial charge >= 0.3 is 0 Å². The highest BCUT2D eigenvalue weighted by molar-refractivity contribution is 7.92. The number of carbonyl (C=O) groups excluding carboxylic acids is 1. The van der Waals surface area contributed by atoms with Crippen LogP contribution in [0.3, 0.4) is 0 Å². The van der Waals surface area contributed by atoms with Gasteiger partial charge in [0.15, 0.2) is 0 Å². The largest absolute Gasteiger partial charge is 0.326 e. The first-order chi connectivity index (χ1) is 11.9. The van der Waals surface area contributed by atoms with Gasteiger partial charge in [-0.1, -0.05) is 41.4 Å². The molecular weight excluding hydrogens is 383 g/mol. The van der Waals surface area contributed by atoms with Crippen LogP contribution in [-0.2, 0) is 21.2 Å². The van der Waals surface area contributed by atoms with E-state index in [4.69, 9.17) is 23.2 Å². The maximum Gasteiger partial charge on any atom is 0.235 e. The zero-order valence-electron chi connectivity index (χ0n) is 13.2. The predicted octanol–water partition coefficient (Wildman–Crippen LogP) is 3.71. The van der Waals surface area contributed by atoms with Gasteiger partial charge in [-0.25, -0.2) is 8.42 Å². The van der Waals surface area contributed by atoms with E-state index in [9.17, 15) is 13.2 Å². The van der Waals surface area contributed by atoms with Crippen molar-refractivity contribution in [3.05, 3.63) is 58.1 Å². The second-order valence-electron chi connectivity index (χ2n) is 5.69. The molecule has 0 saturated heterocycles. The van der Waals surface area contributed by atoms with Crippen LogP contribution in [0.25, 0.3) is 0 Å². The molecule has 1 aliphatic heterocycles. The Hall–Kier alpha value is -1.76. The number of hydrogen-bond acceptors (Lipinski definition) is 3. The number of halogens is 2. The molecule has 1 aliphatic rings. The zero-order valence-corrected chi connectivity index (χ0v) is 15.5. The molecule has 1 heterocycles. The summed E-state index contributed by atoms with van der Waals surface area (Å²) in [5.74, 6) is -0.649. The Labute approximate surface area is 156 Å². The number of fused-ring (bicyclic) bond motifs is 1. The maximum absolute atomic E-state index is 12.6. The molecule has 1 N–H and O–H groups in total. The molecular formula is C17H16Cl2N2O3S. The Morgan fingerprint density at radius 1 is 1.12 bits per heavy atom. The summed E-state index contributed by atoms with van der Waals surface area (Å²) in [4.78, 5) is 12.0. The number of nitrogens with one attached hydrogen (secondary N) is 1. The molecule has 0 aliphatic carbocycles. The van der Waals surface area contributed by atoms with E-state index in [0.29, 0.717) is 34.4 Å². The van der Waals surface area contributed by atoms with Crippen molar-refractivity contribution in [2.24, 2.45) is 0 Å². The number of carbonyl (C=O) groups is 1. The molecule has 2 aromatic carbocycles. The molecule has 2 aromatic rings. The standard InChI is InChI=1S/C17H16Cl2N2O3S/c18-14-6-5-13(11-15(14)19)20-17(22)8-10-25(23,24)21-9-7-12-3-1-2-4-16(12)21/h1-6,11H,7-10H2,(H,20,22). The number of sulfonamides is 1. The predicted molar refractivity (Wildman–Crippen MR) is 101 cm³/mol. The van der Waals surface area contributed by atoms with E-state index in [0.717, 1.165) is 5.56 Å². The molecule has 0 fully saturated rings. The van der Waals surface area contributed by atoms with Crippen LogP contribution in [0.5, 0.6) is 0 Å². The van der Waals surface area contributed by atoms with E-state index in [1.165, 1.54) is 10.4 Å². The summed E-state index contributed by atoms with van der Waals surface area (Å²) in [6.07, 6.45) is 0.548. The van der Waals surface area contributed by atoms with E-state index < -0.39 is 15.9 Å². The van der Waals surface area contributed by atoms with Gasteiger partial charge in [-0.2, -0.15) is 0 Å². The van der Waals surface area contributed by atoms with E-state index in [1.807, 2.05) is 18.2 Å². The molecule has 132 valence electrons. The molecule has 0 unspecified atom stereocenters. The molecule has 0 atom stereocenters. The van der Waals surface area contributed by atoms with Crippen molar-refractivity contribution >= 4 is 50.5 Å². The van der Waals surface area contributed by atoms with Crippen molar-refractivity contribution in [1.82, 2.24) is 0 Å². The lowest BCUT2D eigenvalue weighted by Gasteiger charge is -2.19. The Balaban J connectivity index is 1.62. The lowest BCUT2D eigenvalue weighted by atomic mass is 10.2. The number of hydrogen-bond donors (Lipinski definition) is 1. The average molecular weight is 399 g/mol. The Morgan fingerprint density at radius 3 is 2.64 bits per heavy atom. The van der Waals surface area contributed by atoms with E-state index in [-0.39, 0.29) is 12.2 Å². The van der Waals surface area contributed by atoms with Crippen LogP contribution in [-0.4, -0.2) is 26.6 Å². The quantitative estimate of drug-likeness (QED) is 0.834. The Morgan fingerprint density at radius 2 is 1.88 bits per heavy atom. The first-order valence-electron chi connectivity index (χ1n) is 7.70. The summed E-state index contributed by atoms with van der Waals surface area (Å²) < 4.78 is 26.5. The molecule has 25 heavy (non-hydrogen) atoms. The molecule has 5 nitrogen and oxygen atoms in total. The average Bonchev–Trinajstić information content (AvgIpc) is 3.01. The fourth-order valence-electron chi connectivity index (χ4n) is 2.73. The summed E-state index contributed by atoms with van der Waals surface area (Å²) in [6.45, 7) is 0.413. The topological polar surface area (TPSA) is 66.5 Å². The lowest BCUT2D eigenvalue weighted by Crippen LogP contribution is -2.32. The summed E-state index contributed by atoms with van der Waals surface area (Å²) in [5.41, 5.74) is 2.18. The molecule has 1 amide bonds. The highest BCUT2D eigenvalue weighted by atomic mass is 35.5. The number of benzene rings is 2. The van der Waals surface area contributed by atoms with Gasteiger partial charge in [-0.05, 0) is 36.2 Å². The van der Waals surface area contributed by atoms with Crippen molar-refractivity contribution in [3.63, 3.8) is 0 Å². The van der Waals surface area contributed by atoms with Crippen LogP contribution in [0.4, 0.5) is 11.4 Å². The smallest absolute Gasteiger partial charge is 0.235 e. The maximum atomic E-state index is 12.6. The molecule has 0 aromatic heterocycles. The third-order valence-corrected chi connectivity index (χ3v) is 6.48. The normalized spacial score (nSPS) is 13.6. The van der Waals surface area contributed by atoms with E-state index >= 15 is 0 Å². The van der Waals surface area contributed by atoms with Gasteiger partial charge in [-0.15, -0.1) is 0 Å². The van der Waals surface area contributed by atoms with Crippen molar-refractivity contribution < 1.29 is 13.2 Å². The van der Waals surface area contributed by atoms with Gasteiger partial charge in [0.25, 0.3) is 0 Å². The zero-order chi connectivity index (χ0) is 18.0. The fraction of sp³-hybridized carbons (Fsp3) is 0.235. The van der Waals surface area contributed by atoms with Gasteiger partial charge in [0.1, 0.15) is 0 Å². The fourth-order valence-corrected chi connectivity index (χ4v) is 4.54. The lowest BCUT2D eigenvalue weighted by molar-refractivity contribution is -0.115. The number of amides is 1. The minimum atomic E-state index is -3.55. The minimum Gasteiger partial charge on any atom is -0.326 e. The summed E-state index contributed by atoms with van der Waals surface area (Å²) in [6, 6.07) is 12.1.